The van der Waals surface area contributed by atoms with Crippen LogP contribution in [0.2, 0.25) is 10.0 Å². The third kappa shape index (κ3) is 4.59. The fraction of sp³-hybridized carbons (Fsp3) is 0.211. The lowest BCUT2D eigenvalue weighted by Gasteiger charge is -2.20. The Balaban J connectivity index is 1.65. The number of nitrogens with zero attached hydrogens (tertiary/aromatic N) is 1. The maximum absolute atomic E-state index is 12.3. The number of fused-ring (bicyclic) bond motifs is 1. The summed E-state index contributed by atoms with van der Waals surface area (Å²) >= 11 is 11.8. The van der Waals surface area contributed by atoms with Gasteiger partial charge in [0.25, 0.3) is 0 Å². The number of esters is 1. The van der Waals surface area contributed by atoms with Crippen LogP contribution in [0.5, 0.6) is 5.75 Å². The van der Waals surface area contributed by atoms with Crippen LogP contribution < -0.4 is 9.64 Å². The van der Waals surface area contributed by atoms with Gasteiger partial charge in [0, 0.05) is 10.6 Å². The first-order valence-electron chi connectivity index (χ1n) is 8.12. The van der Waals surface area contributed by atoms with Crippen LogP contribution in [0.15, 0.2) is 42.5 Å². The van der Waals surface area contributed by atoms with E-state index in [4.69, 9.17) is 32.7 Å². The zero-order chi connectivity index (χ0) is 19.4. The van der Waals surface area contributed by atoms with Gasteiger partial charge in [-0.1, -0.05) is 35.3 Å². The van der Waals surface area contributed by atoms with Gasteiger partial charge in [-0.3, -0.25) is 19.3 Å². The van der Waals surface area contributed by atoms with Crippen molar-refractivity contribution in [2.24, 2.45) is 0 Å². The maximum Gasteiger partial charge on any atom is 0.326 e. The number of carbonyl (C=O) groups excluding carboxylic acids is 3. The molecule has 1 aliphatic heterocycles. The van der Waals surface area contributed by atoms with E-state index < -0.39 is 18.4 Å². The number of carbonyl (C=O) groups is 3. The van der Waals surface area contributed by atoms with Crippen LogP contribution in [-0.2, 0) is 14.3 Å². The highest BCUT2D eigenvalue weighted by atomic mass is 35.5. The van der Waals surface area contributed by atoms with E-state index in [2.05, 4.69) is 0 Å². The summed E-state index contributed by atoms with van der Waals surface area (Å²) in [6, 6.07) is 11.3. The molecule has 0 saturated carbocycles. The molecule has 1 heterocycles. The van der Waals surface area contributed by atoms with E-state index in [1.807, 2.05) is 0 Å². The number of anilines is 1. The highest BCUT2D eigenvalue weighted by Crippen LogP contribution is 2.30. The predicted molar refractivity (Wildman–Crippen MR) is 101 cm³/mol. The monoisotopic (exact) mass is 407 g/mol. The first-order chi connectivity index (χ1) is 13.0. The minimum Gasteiger partial charge on any atom is -0.491 e. The van der Waals surface area contributed by atoms with Crippen molar-refractivity contribution in [1.29, 1.82) is 0 Å². The molecule has 0 atom stereocenters. The molecule has 2 aromatic rings. The Morgan fingerprint density at radius 3 is 2.70 bits per heavy atom. The molecule has 0 fully saturated rings. The minimum atomic E-state index is -0.710. The van der Waals surface area contributed by atoms with Crippen molar-refractivity contribution >= 4 is 46.5 Å². The molecule has 140 valence electrons. The second-order valence-corrected chi connectivity index (χ2v) is 6.60. The highest BCUT2D eigenvalue weighted by Gasteiger charge is 2.26. The van der Waals surface area contributed by atoms with E-state index in [1.54, 1.807) is 24.3 Å². The molecule has 1 aliphatic rings. The standard InChI is InChI=1S/C19H15Cl2NO5/c20-12-5-6-13(14(21)9-12)16(23)11-27-19(25)10-22-15-3-1-2-4-17(15)26-8-7-18(22)24/h1-6,9H,7-8,10-11H2. The van der Waals surface area contributed by atoms with E-state index in [1.165, 1.54) is 23.1 Å². The molecule has 0 bridgehead atoms. The van der Waals surface area contributed by atoms with Gasteiger partial charge in [0.2, 0.25) is 11.7 Å². The van der Waals surface area contributed by atoms with E-state index in [0.29, 0.717) is 16.5 Å². The average Bonchev–Trinajstić information content (AvgIpc) is 2.79. The van der Waals surface area contributed by atoms with Crippen LogP contribution in [0.3, 0.4) is 0 Å². The largest absolute Gasteiger partial charge is 0.491 e. The topological polar surface area (TPSA) is 72.9 Å². The first-order valence-corrected chi connectivity index (χ1v) is 8.87. The number of benzene rings is 2. The third-order valence-electron chi connectivity index (χ3n) is 3.91. The van der Waals surface area contributed by atoms with Gasteiger partial charge in [0.15, 0.2) is 6.61 Å². The van der Waals surface area contributed by atoms with Crippen LogP contribution in [0.1, 0.15) is 16.8 Å². The van der Waals surface area contributed by atoms with Gasteiger partial charge < -0.3 is 9.47 Å². The van der Waals surface area contributed by atoms with Crippen molar-refractivity contribution in [2.45, 2.75) is 6.42 Å². The number of para-hydroxylation sites is 2. The predicted octanol–water partition coefficient (Wildman–Crippen LogP) is 3.54. The molecular weight excluding hydrogens is 393 g/mol. The van der Waals surface area contributed by atoms with Gasteiger partial charge in [-0.15, -0.1) is 0 Å². The van der Waals surface area contributed by atoms with Crippen molar-refractivity contribution in [2.75, 3.05) is 24.7 Å². The lowest BCUT2D eigenvalue weighted by molar-refractivity contribution is -0.141. The second kappa shape index (κ2) is 8.41. The average molecular weight is 408 g/mol. The smallest absolute Gasteiger partial charge is 0.326 e. The molecule has 0 unspecified atom stereocenters. The Kier molecular flexibility index (Phi) is 5.98. The van der Waals surface area contributed by atoms with Crippen LogP contribution in [-0.4, -0.2) is 37.4 Å². The summed E-state index contributed by atoms with van der Waals surface area (Å²) in [5.74, 6) is -0.918. The van der Waals surface area contributed by atoms with Crippen LogP contribution >= 0.6 is 23.2 Å². The van der Waals surface area contributed by atoms with Crippen molar-refractivity contribution in [3.63, 3.8) is 0 Å². The Labute approximate surface area is 165 Å². The Bertz CT molecular complexity index is 899. The van der Waals surface area contributed by atoms with Gasteiger partial charge >= 0.3 is 5.97 Å². The first kappa shape index (κ1) is 19.2. The number of hydrogen-bond acceptors (Lipinski definition) is 5. The summed E-state index contributed by atoms with van der Waals surface area (Å²) in [4.78, 5) is 38.0. The SMILES string of the molecule is O=C(CN1C(=O)CCOc2ccccc21)OCC(=O)c1ccc(Cl)cc1Cl. The summed E-state index contributed by atoms with van der Waals surface area (Å²) in [6.07, 6.45) is 0.140. The Morgan fingerprint density at radius 1 is 1.15 bits per heavy atom. The van der Waals surface area contributed by atoms with E-state index in [-0.39, 0.29) is 36.1 Å². The zero-order valence-electron chi connectivity index (χ0n) is 14.1. The van der Waals surface area contributed by atoms with Crippen molar-refractivity contribution in [3.05, 3.63) is 58.1 Å². The van der Waals surface area contributed by atoms with Crippen LogP contribution in [0.4, 0.5) is 5.69 Å². The van der Waals surface area contributed by atoms with E-state index >= 15 is 0 Å². The number of Topliss-reactive ketones (excluding diaryl/α,β-unsaturated/α-hetero) is 1. The fourth-order valence-electron chi connectivity index (χ4n) is 2.61. The number of rotatable bonds is 5. The fourth-order valence-corrected chi connectivity index (χ4v) is 3.12. The number of ether oxygens (including phenoxy) is 2. The molecular formula is C19H15Cl2NO5. The molecule has 8 heteroatoms. The quantitative estimate of drug-likeness (QED) is 0.559. The number of hydrogen-bond donors (Lipinski definition) is 0. The maximum atomic E-state index is 12.3. The Morgan fingerprint density at radius 2 is 1.93 bits per heavy atom. The summed E-state index contributed by atoms with van der Waals surface area (Å²) in [5.41, 5.74) is 0.697. The lowest BCUT2D eigenvalue weighted by Crippen LogP contribution is -2.36. The minimum absolute atomic E-state index is 0.140. The molecule has 1 amide bonds. The van der Waals surface area contributed by atoms with Crippen molar-refractivity contribution in [1.82, 2.24) is 0 Å². The Hall–Kier alpha value is -2.57. The number of ketones is 1. The van der Waals surface area contributed by atoms with Crippen molar-refractivity contribution < 1.29 is 23.9 Å². The van der Waals surface area contributed by atoms with Gasteiger partial charge in [-0.05, 0) is 30.3 Å². The van der Waals surface area contributed by atoms with Gasteiger partial charge in [-0.25, -0.2) is 0 Å². The van der Waals surface area contributed by atoms with E-state index in [0.717, 1.165) is 0 Å². The molecule has 6 nitrogen and oxygen atoms in total. The number of halogens is 2. The summed E-state index contributed by atoms with van der Waals surface area (Å²) < 4.78 is 10.6. The number of amides is 1. The summed E-state index contributed by atoms with van der Waals surface area (Å²) in [7, 11) is 0. The van der Waals surface area contributed by atoms with Gasteiger partial charge in [0.05, 0.1) is 23.7 Å². The molecule has 0 aromatic heterocycles. The molecule has 0 aliphatic carbocycles. The van der Waals surface area contributed by atoms with E-state index in [9.17, 15) is 14.4 Å². The molecule has 0 spiro atoms. The summed E-state index contributed by atoms with van der Waals surface area (Å²) in [6.45, 7) is -0.573. The van der Waals surface area contributed by atoms with Crippen molar-refractivity contribution in [3.8, 4) is 5.75 Å². The molecule has 3 rings (SSSR count). The molecule has 2 aromatic carbocycles. The van der Waals surface area contributed by atoms with Crippen LogP contribution in [0, 0.1) is 0 Å². The third-order valence-corrected chi connectivity index (χ3v) is 4.46. The van der Waals surface area contributed by atoms with Gasteiger partial charge in [-0.2, -0.15) is 0 Å². The lowest BCUT2D eigenvalue weighted by atomic mass is 10.1. The molecule has 0 N–H and O–H groups in total. The molecule has 0 radical (unpaired) electrons. The van der Waals surface area contributed by atoms with Gasteiger partial charge in [0.1, 0.15) is 12.3 Å². The molecule has 0 saturated heterocycles. The second-order valence-electron chi connectivity index (χ2n) is 5.75. The van der Waals surface area contributed by atoms with Crippen LogP contribution in [0.25, 0.3) is 0 Å². The highest BCUT2D eigenvalue weighted by molar-refractivity contribution is 6.36. The molecule has 27 heavy (non-hydrogen) atoms. The zero-order valence-corrected chi connectivity index (χ0v) is 15.6. The summed E-state index contributed by atoms with van der Waals surface area (Å²) in [5, 5.41) is 0.575. The normalized spacial score (nSPS) is 13.4.